The molecule has 1 aromatic carbocycles. The molecule has 0 radical (unpaired) electrons. The Labute approximate surface area is 122 Å². The average molecular weight is 298 g/mol. The molecule has 0 saturated heterocycles. The average Bonchev–Trinajstić information content (AvgIpc) is 2.49. The normalized spacial score (nSPS) is 17.6. The number of rotatable bonds is 7. The van der Waals surface area contributed by atoms with E-state index in [1.54, 1.807) is 0 Å². The van der Waals surface area contributed by atoms with Crippen molar-refractivity contribution in [1.82, 2.24) is 10.6 Å². The number of hydrogen-bond donors (Lipinski definition) is 2. The standard InChI is InChI=1S/C15H20F2N2O2/c16-14(17)10-21-8-6-15(20)19-9-13-12-4-2-1-3-11(12)5-7-18-13/h1-4,13-14,18H,5-10H2,(H,19,20). The van der Waals surface area contributed by atoms with Crippen LogP contribution in [0.25, 0.3) is 0 Å². The third-order valence-corrected chi connectivity index (χ3v) is 3.44. The Hall–Kier alpha value is -1.53. The molecule has 0 spiro atoms. The lowest BCUT2D eigenvalue weighted by Crippen LogP contribution is -2.39. The van der Waals surface area contributed by atoms with Gasteiger partial charge in [0.25, 0.3) is 6.43 Å². The minimum absolute atomic E-state index is 0.0187. The van der Waals surface area contributed by atoms with Crippen LogP contribution in [0, 0.1) is 0 Å². The van der Waals surface area contributed by atoms with E-state index >= 15 is 0 Å². The van der Waals surface area contributed by atoms with E-state index in [9.17, 15) is 13.6 Å². The predicted octanol–water partition coefficient (Wildman–Crippen LogP) is 1.66. The number of hydrogen-bond acceptors (Lipinski definition) is 3. The summed E-state index contributed by atoms with van der Waals surface area (Å²) in [5.74, 6) is -0.186. The third-order valence-electron chi connectivity index (χ3n) is 3.44. The molecule has 1 aromatic rings. The number of fused-ring (bicyclic) bond motifs is 1. The topological polar surface area (TPSA) is 50.4 Å². The van der Waals surface area contributed by atoms with Crippen LogP contribution in [-0.2, 0) is 16.0 Å². The molecular formula is C15H20F2N2O2. The van der Waals surface area contributed by atoms with Crippen molar-refractivity contribution < 1.29 is 18.3 Å². The number of alkyl halides is 2. The van der Waals surface area contributed by atoms with Gasteiger partial charge >= 0.3 is 0 Å². The van der Waals surface area contributed by atoms with Gasteiger partial charge in [-0.15, -0.1) is 0 Å². The molecule has 0 aliphatic carbocycles. The highest BCUT2D eigenvalue weighted by Crippen LogP contribution is 2.21. The second kappa shape index (κ2) is 8.05. The first-order valence-corrected chi connectivity index (χ1v) is 7.10. The molecule has 0 aromatic heterocycles. The first kappa shape index (κ1) is 15.9. The lowest BCUT2D eigenvalue weighted by atomic mass is 9.94. The van der Waals surface area contributed by atoms with Crippen molar-refractivity contribution in [3.63, 3.8) is 0 Å². The second-order valence-corrected chi connectivity index (χ2v) is 4.98. The second-order valence-electron chi connectivity index (χ2n) is 4.98. The summed E-state index contributed by atoms with van der Waals surface area (Å²) in [6.07, 6.45) is -1.40. The van der Waals surface area contributed by atoms with E-state index in [-0.39, 0.29) is 25.0 Å². The number of carbonyl (C=O) groups excluding carboxylic acids is 1. The number of halogens is 2. The van der Waals surface area contributed by atoms with Crippen molar-refractivity contribution in [1.29, 1.82) is 0 Å². The third kappa shape index (κ3) is 5.06. The van der Waals surface area contributed by atoms with Crippen molar-refractivity contribution in [2.45, 2.75) is 25.3 Å². The highest BCUT2D eigenvalue weighted by atomic mass is 19.3. The van der Waals surface area contributed by atoms with E-state index < -0.39 is 13.0 Å². The molecule has 116 valence electrons. The molecule has 1 atom stereocenters. The number of ether oxygens (including phenoxy) is 1. The van der Waals surface area contributed by atoms with Crippen molar-refractivity contribution in [2.75, 3.05) is 26.3 Å². The Kier molecular flexibility index (Phi) is 6.07. The zero-order valence-corrected chi connectivity index (χ0v) is 11.8. The molecule has 6 heteroatoms. The number of amides is 1. The van der Waals surface area contributed by atoms with Gasteiger partial charge in [0.2, 0.25) is 5.91 Å². The summed E-state index contributed by atoms with van der Waals surface area (Å²) in [6.45, 7) is 0.773. The molecule has 1 unspecified atom stereocenters. The van der Waals surface area contributed by atoms with Crippen molar-refractivity contribution in [3.8, 4) is 0 Å². The summed E-state index contributed by atoms with van der Waals surface area (Å²) in [7, 11) is 0. The van der Waals surface area contributed by atoms with E-state index in [2.05, 4.69) is 27.5 Å². The quantitative estimate of drug-likeness (QED) is 0.753. The number of nitrogens with one attached hydrogen (secondary N) is 2. The van der Waals surface area contributed by atoms with Crippen LogP contribution in [0.15, 0.2) is 24.3 Å². The highest BCUT2D eigenvalue weighted by Gasteiger charge is 2.19. The summed E-state index contributed by atoms with van der Waals surface area (Å²) < 4.78 is 28.4. The van der Waals surface area contributed by atoms with Gasteiger partial charge in [0.1, 0.15) is 6.61 Å². The maximum Gasteiger partial charge on any atom is 0.261 e. The van der Waals surface area contributed by atoms with Crippen molar-refractivity contribution in [3.05, 3.63) is 35.4 Å². The smallest absolute Gasteiger partial charge is 0.261 e. The maximum atomic E-state index is 11.9. The van der Waals surface area contributed by atoms with Gasteiger partial charge in [-0.05, 0) is 24.1 Å². The first-order chi connectivity index (χ1) is 10.2. The Morgan fingerprint density at radius 1 is 1.43 bits per heavy atom. The molecule has 1 heterocycles. The number of benzene rings is 1. The summed E-state index contributed by atoms with van der Waals surface area (Å²) in [5.41, 5.74) is 2.51. The molecule has 4 nitrogen and oxygen atoms in total. The zero-order chi connectivity index (χ0) is 15.1. The van der Waals surface area contributed by atoms with Gasteiger partial charge < -0.3 is 15.4 Å². The van der Waals surface area contributed by atoms with E-state index in [1.807, 2.05) is 12.1 Å². The van der Waals surface area contributed by atoms with Gasteiger partial charge in [0, 0.05) is 19.0 Å². The molecule has 0 bridgehead atoms. The van der Waals surface area contributed by atoms with Crippen LogP contribution >= 0.6 is 0 Å². The van der Waals surface area contributed by atoms with Crippen LogP contribution in [0.1, 0.15) is 23.6 Å². The molecule has 1 aliphatic heterocycles. The van der Waals surface area contributed by atoms with E-state index in [0.717, 1.165) is 13.0 Å². The van der Waals surface area contributed by atoms with Gasteiger partial charge in [-0.25, -0.2) is 8.78 Å². The molecular weight excluding hydrogens is 278 g/mol. The van der Waals surface area contributed by atoms with E-state index in [4.69, 9.17) is 0 Å². The predicted molar refractivity (Wildman–Crippen MR) is 75.3 cm³/mol. The van der Waals surface area contributed by atoms with Crippen LogP contribution < -0.4 is 10.6 Å². The summed E-state index contributed by atoms with van der Waals surface area (Å²) in [4.78, 5) is 11.6. The number of carbonyl (C=O) groups is 1. The molecule has 2 N–H and O–H groups in total. The summed E-state index contributed by atoms with van der Waals surface area (Å²) in [5, 5.41) is 6.18. The van der Waals surface area contributed by atoms with Crippen LogP contribution in [0.2, 0.25) is 0 Å². The molecule has 1 amide bonds. The van der Waals surface area contributed by atoms with E-state index in [0.29, 0.717) is 6.54 Å². The molecule has 1 aliphatic rings. The van der Waals surface area contributed by atoms with Crippen LogP contribution in [0.5, 0.6) is 0 Å². The summed E-state index contributed by atoms with van der Waals surface area (Å²) in [6, 6.07) is 8.26. The van der Waals surface area contributed by atoms with Gasteiger partial charge in [0.15, 0.2) is 0 Å². The fraction of sp³-hybridized carbons (Fsp3) is 0.533. The van der Waals surface area contributed by atoms with Crippen LogP contribution in [0.3, 0.4) is 0 Å². The Morgan fingerprint density at radius 2 is 2.24 bits per heavy atom. The molecule has 0 fully saturated rings. The van der Waals surface area contributed by atoms with Crippen molar-refractivity contribution in [2.24, 2.45) is 0 Å². The monoisotopic (exact) mass is 298 g/mol. The first-order valence-electron chi connectivity index (χ1n) is 7.10. The van der Waals surface area contributed by atoms with Gasteiger partial charge in [-0.2, -0.15) is 0 Å². The largest absolute Gasteiger partial charge is 0.375 e. The zero-order valence-electron chi connectivity index (χ0n) is 11.8. The Morgan fingerprint density at radius 3 is 3.05 bits per heavy atom. The van der Waals surface area contributed by atoms with Crippen LogP contribution in [-0.4, -0.2) is 38.6 Å². The minimum atomic E-state index is -2.49. The maximum absolute atomic E-state index is 11.9. The SMILES string of the molecule is O=C(CCOCC(F)F)NCC1NCCc2ccccc21. The lowest BCUT2D eigenvalue weighted by molar-refractivity contribution is -0.122. The van der Waals surface area contributed by atoms with Gasteiger partial charge in [-0.3, -0.25) is 4.79 Å². The fourth-order valence-electron chi connectivity index (χ4n) is 2.42. The molecule has 2 rings (SSSR count). The lowest BCUT2D eigenvalue weighted by Gasteiger charge is -2.27. The van der Waals surface area contributed by atoms with Gasteiger partial charge in [0.05, 0.1) is 6.61 Å². The highest BCUT2D eigenvalue weighted by molar-refractivity contribution is 5.76. The summed E-state index contributed by atoms with van der Waals surface area (Å²) >= 11 is 0. The van der Waals surface area contributed by atoms with Gasteiger partial charge in [-0.1, -0.05) is 24.3 Å². The Balaban J connectivity index is 1.72. The van der Waals surface area contributed by atoms with Crippen molar-refractivity contribution >= 4 is 5.91 Å². The molecule has 0 saturated carbocycles. The van der Waals surface area contributed by atoms with Crippen LogP contribution in [0.4, 0.5) is 8.78 Å². The van der Waals surface area contributed by atoms with E-state index in [1.165, 1.54) is 11.1 Å². The fourth-order valence-corrected chi connectivity index (χ4v) is 2.42. The Bertz CT molecular complexity index is 469. The minimum Gasteiger partial charge on any atom is -0.375 e. The molecule has 21 heavy (non-hydrogen) atoms.